The number of nitrogens with zero attached hydrogens (tertiary/aromatic N) is 3. The highest BCUT2D eigenvalue weighted by Gasteiger charge is 2.09. The van der Waals surface area contributed by atoms with E-state index in [-0.39, 0.29) is 0 Å². The van der Waals surface area contributed by atoms with Gasteiger partial charge in [-0.05, 0) is 35.7 Å². The summed E-state index contributed by atoms with van der Waals surface area (Å²) in [5, 5.41) is 19.3. The number of nitrogens with one attached hydrogen (secondary N) is 1. The van der Waals surface area contributed by atoms with Crippen LogP contribution in [-0.2, 0) is 0 Å². The molecule has 0 atom stereocenters. The largest absolute Gasteiger partial charge is 0.330 e. The average molecular weight is 453 g/mol. The third-order valence-electron chi connectivity index (χ3n) is 4.18. The van der Waals surface area contributed by atoms with Crippen LogP contribution in [0.15, 0.2) is 71.4 Å². The van der Waals surface area contributed by atoms with Crippen LogP contribution in [-0.4, -0.2) is 15.2 Å². The molecule has 4 nitrogen and oxygen atoms in total. The lowest BCUT2D eigenvalue weighted by Gasteiger charge is -2.03. The van der Waals surface area contributed by atoms with E-state index in [9.17, 15) is 0 Å². The highest BCUT2D eigenvalue weighted by molar-refractivity contribution is 7.23. The summed E-state index contributed by atoms with van der Waals surface area (Å²) in [5.41, 5.74) is 4.07. The van der Waals surface area contributed by atoms with Gasteiger partial charge < -0.3 is 5.32 Å². The molecule has 8 heteroatoms. The summed E-state index contributed by atoms with van der Waals surface area (Å²) in [5.74, 6) is 0. The lowest BCUT2D eigenvalue weighted by atomic mass is 10.1. The van der Waals surface area contributed by atoms with Gasteiger partial charge in [0.25, 0.3) is 0 Å². The Labute approximate surface area is 184 Å². The van der Waals surface area contributed by atoms with Gasteiger partial charge in [-0.15, -0.1) is 32.9 Å². The molecule has 0 aliphatic rings. The Morgan fingerprint density at radius 1 is 0.793 bits per heavy atom. The fourth-order valence-electron chi connectivity index (χ4n) is 2.75. The second-order valence-corrected chi connectivity index (χ2v) is 9.36. The molecule has 3 heterocycles. The maximum Gasteiger partial charge on any atom is 0.210 e. The van der Waals surface area contributed by atoms with Gasteiger partial charge >= 0.3 is 0 Å². The van der Waals surface area contributed by atoms with Crippen molar-refractivity contribution in [2.24, 2.45) is 0 Å². The predicted octanol–water partition coefficient (Wildman–Crippen LogP) is 7.45. The molecule has 142 valence electrons. The molecule has 29 heavy (non-hydrogen) atoms. The fourth-order valence-corrected chi connectivity index (χ4v) is 5.27. The van der Waals surface area contributed by atoms with E-state index in [1.54, 1.807) is 34.0 Å². The fraction of sp³-hybridized carbons (Fsp3) is 0. The Kier molecular flexibility index (Phi) is 5.12. The van der Waals surface area contributed by atoms with Crippen molar-refractivity contribution in [3.63, 3.8) is 0 Å². The third kappa shape index (κ3) is 4.09. The van der Waals surface area contributed by atoms with Crippen molar-refractivity contribution in [2.75, 3.05) is 5.32 Å². The lowest BCUT2D eigenvalue weighted by Crippen LogP contribution is -1.89. The molecule has 0 aliphatic heterocycles. The summed E-state index contributed by atoms with van der Waals surface area (Å²) in [6.45, 7) is 0. The van der Waals surface area contributed by atoms with Crippen molar-refractivity contribution in [1.82, 2.24) is 15.2 Å². The molecule has 0 bridgehead atoms. The zero-order valence-electron chi connectivity index (χ0n) is 14.9. The van der Waals surface area contributed by atoms with Crippen molar-refractivity contribution < 1.29 is 0 Å². The third-order valence-corrected chi connectivity index (χ3v) is 7.21. The second kappa shape index (κ2) is 8.04. The summed E-state index contributed by atoms with van der Waals surface area (Å²) < 4.78 is 0. The van der Waals surface area contributed by atoms with Crippen molar-refractivity contribution in [2.45, 2.75) is 0 Å². The van der Waals surface area contributed by atoms with Crippen LogP contribution in [0.3, 0.4) is 0 Å². The maximum absolute atomic E-state index is 5.97. The van der Waals surface area contributed by atoms with Crippen LogP contribution >= 0.6 is 45.6 Å². The van der Waals surface area contributed by atoms with Gasteiger partial charge in [0.15, 0.2) is 5.01 Å². The number of hydrogen-bond acceptors (Lipinski definition) is 7. The molecule has 0 fully saturated rings. The first kappa shape index (κ1) is 18.4. The SMILES string of the molecule is Clc1ccc(-c2nc(-c3ccc(Nc4nnc(-c5cccs5)s4)cc3)cs2)cc1. The number of rotatable bonds is 5. The van der Waals surface area contributed by atoms with Crippen LogP contribution in [0.4, 0.5) is 10.8 Å². The van der Waals surface area contributed by atoms with Crippen molar-refractivity contribution >= 4 is 56.4 Å². The molecule has 0 spiro atoms. The zero-order valence-corrected chi connectivity index (χ0v) is 18.1. The molecule has 0 saturated carbocycles. The first-order chi connectivity index (χ1) is 14.2. The normalized spacial score (nSPS) is 10.9. The molecule has 0 saturated heterocycles. The first-order valence-corrected chi connectivity index (χ1v) is 11.7. The van der Waals surface area contributed by atoms with Crippen LogP contribution < -0.4 is 5.32 Å². The van der Waals surface area contributed by atoms with Crippen molar-refractivity contribution in [1.29, 1.82) is 0 Å². The van der Waals surface area contributed by atoms with Gasteiger partial charge in [-0.25, -0.2) is 4.98 Å². The summed E-state index contributed by atoms with van der Waals surface area (Å²) in [6, 6.07) is 20.0. The molecule has 3 aromatic heterocycles. The van der Waals surface area contributed by atoms with Gasteiger partial charge in [-0.2, -0.15) is 0 Å². The number of thiazole rings is 1. The van der Waals surface area contributed by atoms with E-state index in [1.807, 2.05) is 47.8 Å². The molecular formula is C21H13ClN4S3. The summed E-state index contributed by atoms with van der Waals surface area (Å²) in [4.78, 5) is 5.89. The zero-order chi connectivity index (χ0) is 19.6. The Morgan fingerprint density at radius 2 is 1.59 bits per heavy atom. The van der Waals surface area contributed by atoms with Gasteiger partial charge in [0.1, 0.15) is 5.01 Å². The average Bonchev–Trinajstić information content (AvgIpc) is 3.51. The van der Waals surface area contributed by atoms with E-state index in [0.717, 1.165) is 47.6 Å². The minimum absolute atomic E-state index is 0.728. The summed E-state index contributed by atoms with van der Waals surface area (Å²) in [6.07, 6.45) is 0. The monoisotopic (exact) mass is 452 g/mol. The van der Waals surface area contributed by atoms with E-state index in [4.69, 9.17) is 16.6 Å². The van der Waals surface area contributed by atoms with E-state index in [0.29, 0.717) is 0 Å². The second-order valence-electron chi connectivity index (χ2n) is 6.14. The molecule has 0 amide bonds. The summed E-state index contributed by atoms with van der Waals surface area (Å²) in [7, 11) is 0. The first-order valence-electron chi connectivity index (χ1n) is 8.71. The van der Waals surface area contributed by atoms with Crippen LogP contribution in [0.2, 0.25) is 5.02 Å². The van der Waals surface area contributed by atoms with Gasteiger partial charge in [0, 0.05) is 27.2 Å². The number of aromatic nitrogens is 3. The number of hydrogen-bond donors (Lipinski definition) is 1. The van der Waals surface area contributed by atoms with Gasteiger partial charge in [-0.1, -0.05) is 53.3 Å². The van der Waals surface area contributed by atoms with E-state index in [2.05, 4.69) is 39.1 Å². The molecule has 0 radical (unpaired) electrons. The number of anilines is 2. The Bertz CT molecular complexity index is 1230. The Balaban J connectivity index is 1.31. The van der Waals surface area contributed by atoms with Crippen LogP contribution in [0.25, 0.3) is 31.7 Å². The van der Waals surface area contributed by atoms with Crippen LogP contribution in [0.1, 0.15) is 0 Å². The highest BCUT2D eigenvalue weighted by Crippen LogP contribution is 2.33. The molecule has 0 aliphatic carbocycles. The quantitative estimate of drug-likeness (QED) is 0.300. The van der Waals surface area contributed by atoms with E-state index in [1.165, 1.54) is 0 Å². The Hall–Kier alpha value is -2.58. The highest BCUT2D eigenvalue weighted by atomic mass is 35.5. The van der Waals surface area contributed by atoms with Crippen LogP contribution in [0, 0.1) is 0 Å². The Morgan fingerprint density at radius 3 is 2.34 bits per heavy atom. The van der Waals surface area contributed by atoms with Crippen LogP contribution in [0.5, 0.6) is 0 Å². The molecule has 5 aromatic rings. The predicted molar refractivity (Wildman–Crippen MR) is 125 cm³/mol. The minimum atomic E-state index is 0.728. The van der Waals surface area contributed by atoms with Gasteiger partial charge in [-0.3, -0.25) is 0 Å². The number of benzene rings is 2. The van der Waals surface area contributed by atoms with Gasteiger partial charge in [0.2, 0.25) is 5.13 Å². The lowest BCUT2D eigenvalue weighted by molar-refractivity contribution is 1.10. The molecular weight excluding hydrogens is 440 g/mol. The van der Waals surface area contributed by atoms with E-state index < -0.39 is 0 Å². The molecule has 1 N–H and O–H groups in total. The molecule has 2 aromatic carbocycles. The smallest absolute Gasteiger partial charge is 0.210 e. The molecule has 0 unspecified atom stereocenters. The van der Waals surface area contributed by atoms with Crippen molar-refractivity contribution in [3.05, 3.63) is 76.4 Å². The summed E-state index contributed by atoms with van der Waals surface area (Å²) >= 11 is 10.8. The maximum atomic E-state index is 5.97. The van der Waals surface area contributed by atoms with Gasteiger partial charge in [0.05, 0.1) is 10.6 Å². The van der Waals surface area contributed by atoms with E-state index >= 15 is 0 Å². The van der Waals surface area contributed by atoms with Crippen molar-refractivity contribution in [3.8, 4) is 31.7 Å². The topological polar surface area (TPSA) is 50.7 Å². The minimum Gasteiger partial charge on any atom is -0.330 e. The number of halogens is 1. The molecule has 5 rings (SSSR count). The standard InChI is InChI=1S/C21H13ClN4S3/c22-15-7-3-14(4-8-15)19-24-17(12-28-19)13-5-9-16(10-6-13)23-21-26-25-20(29-21)18-2-1-11-27-18/h1-12H,(H,23,26). The number of thiophene rings is 1.